The molecule has 0 radical (unpaired) electrons. The Balaban J connectivity index is 1.84. The molecule has 0 spiro atoms. The molecule has 4 aromatic rings. The Morgan fingerprint density at radius 1 is 0.867 bits per heavy atom. The lowest BCUT2D eigenvalue weighted by Gasteiger charge is -2.09. The molecule has 0 saturated heterocycles. The summed E-state index contributed by atoms with van der Waals surface area (Å²) in [6, 6.07) is 24.7. The molecule has 1 aromatic heterocycles. The van der Waals surface area contributed by atoms with Crippen LogP contribution in [-0.4, -0.2) is 29.8 Å². The maximum Gasteiger partial charge on any atom is 0.216 e. The van der Waals surface area contributed by atoms with Crippen LogP contribution >= 0.6 is 0 Å². The van der Waals surface area contributed by atoms with Crippen molar-refractivity contribution in [1.29, 1.82) is 0 Å². The van der Waals surface area contributed by atoms with Crippen LogP contribution in [0.4, 0.5) is 0 Å². The van der Waals surface area contributed by atoms with Gasteiger partial charge in [0.05, 0.1) is 31.2 Å². The van der Waals surface area contributed by atoms with Gasteiger partial charge in [-0.25, -0.2) is 4.68 Å². The topological polar surface area (TPSA) is 53.4 Å². The van der Waals surface area contributed by atoms with Gasteiger partial charge in [-0.3, -0.25) is 4.79 Å². The minimum absolute atomic E-state index is 0.187. The number of hydrogen-bond acceptors (Lipinski definition) is 4. The van der Waals surface area contributed by atoms with E-state index in [-0.39, 0.29) is 5.78 Å². The minimum Gasteiger partial charge on any atom is -0.497 e. The third kappa shape index (κ3) is 3.70. The highest BCUT2D eigenvalue weighted by Crippen LogP contribution is 2.28. The van der Waals surface area contributed by atoms with Crippen LogP contribution in [0.2, 0.25) is 0 Å². The summed E-state index contributed by atoms with van der Waals surface area (Å²) in [5.74, 6) is 1.10. The van der Waals surface area contributed by atoms with Crippen molar-refractivity contribution in [2.24, 2.45) is 0 Å². The zero-order valence-electron chi connectivity index (χ0n) is 17.1. The summed E-state index contributed by atoms with van der Waals surface area (Å²) in [7, 11) is 3.18. The number of hydrogen-bond donors (Lipinski definition) is 0. The molecule has 4 rings (SSSR count). The fourth-order valence-electron chi connectivity index (χ4n) is 3.31. The number of nitrogens with zero attached hydrogens (tertiary/aromatic N) is 2. The van der Waals surface area contributed by atoms with E-state index < -0.39 is 0 Å². The molecular weight excluding hydrogens is 376 g/mol. The lowest BCUT2D eigenvalue weighted by Crippen LogP contribution is -2.06. The summed E-state index contributed by atoms with van der Waals surface area (Å²) in [4.78, 5) is 13.2. The van der Waals surface area contributed by atoms with Gasteiger partial charge in [0.25, 0.3) is 0 Å². The SMILES string of the molecule is COc1ccc(-n2nc(C(=O)c3ccccc3OC)cc2-c2ccc(C)cc2)cc1. The summed E-state index contributed by atoms with van der Waals surface area (Å²) in [6.07, 6.45) is 0. The Kier molecular flexibility index (Phi) is 5.35. The maximum absolute atomic E-state index is 13.2. The zero-order chi connectivity index (χ0) is 21.1. The number of carbonyl (C=O) groups is 1. The number of benzene rings is 3. The molecule has 0 aliphatic carbocycles. The Morgan fingerprint density at radius 3 is 2.23 bits per heavy atom. The second-order valence-electron chi connectivity index (χ2n) is 6.92. The molecule has 5 heteroatoms. The van der Waals surface area contributed by atoms with Gasteiger partial charge in [-0.15, -0.1) is 0 Å². The highest BCUT2D eigenvalue weighted by Gasteiger charge is 2.20. The van der Waals surface area contributed by atoms with Gasteiger partial charge in [-0.05, 0) is 49.4 Å². The summed E-state index contributed by atoms with van der Waals surface area (Å²) < 4.78 is 12.4. The van der Waals surface area contributed by atoms with E-state index in [2.05, 4.69) is 5.10 Å². The van der Waals surface area contributed by atoms with Gasteiger partial charge in [-0.2, -0.15) is 5.10 Å². The van der Waals surface area contributed by atoms with Gasteiger partial charge in [0.2, 0.25) is 5.78 Å². The molecule has 150 valence electrons. The van der Waals surface area contributed by atoms with E-state index in [1.54, 1.807) is 31.0 Å². The molecule has 1 heterocycles. The molecule has 0 fully saturated rings. The number of ether oxygens (including phenoxy) is 2. The summed E-state index contributed by atoms with van der Waals surface area (Å²) in [5.41, 5.74) is 4.65. The molecule has 0 aliphatic rings. The first-order valence-corrected chi connectivity index (χ1v) is 9.60. The molecule has 0 bridgehead atoms. The molecule has 3 aromatic carbocycles. The van der Waals surface area contributed by atoms with Gasteiger partial charge in [0, 0.05) is 5.56 Å². The Hall–Kier alpha value is -3.86. The maximum atomic E-state index is 13.2. The highest BCUT2D eigenvalue weighted by atomic mass is 16.5. The van der Waals surface area contributed by atoms with Crippen LogP contribution < -0.4 is 9.47 Å². The molecule has 5 nitrogen and oxygen atoms in total. The predicted molar refractivity (Wildman–Crippen MR) is 117 cm³/mol. The van der Waals surface area contributed by atoms with E-state index in [0.717, 1.165) is 22.7 Å². The smallest absolute Gasteiger partial charge is 0.216 e. The molecule has 0 amide bonds. The third-order valence-corrected chi connectivity index (χ3v) is 4.96. The Labute approximate surface area is 175 Å². The van der Waals surface area contributed by atoms with Crippen LogP contribution in [-0.2, 0) is 0 Å². The van der Waals surface area contributed by atoms with Crippen LogP contribution in [0.5, 0.6) is 11.5 Å². The van der Waals surface area contributed by atoms with Crippen molar-refractivity contribution in [2.45, 2.75) is 6.92 Å². The third-order valence-electron chi connectivity index (χ3n) is 4.96. The zero-order valence-corrected chi connectivity index (χ0v) is 17.1. The quantitative estimate of drug-likeness (QED) is 0.424. The highest BCUT2D eigenvalue weighted by molar-refractivity contribution is 6.10. The van der Waals surface area contributed by atoms with Crippen molar-refractivity contribution in [3.05, 3.63) is 95.7 Å². The fourth-order valence-corrected chi connectivity index (χ4v) is 3.31. The summed E-state index contributed by atoms with van der Waals surface area (Å²) in [6.45, 7) is 2.04. The summed E-state index contributed by atoms with van der Waals surface area (Å²) >= 11 is 0. The van der Waals surface area contributed by atoms with E-state index in [1.807, 2.05) is 73.7 Å². The number of rotatable bonds is 6. The number of para-hydroxylation sites is 1. The lowest BCUT2D eigenvalue weighted by atomic mass is 10.1. The van der Waals surface area contributed by atoms with Crippen LogP contribution in [0.3, 0.4) is 0 Å². The van der Waals surface area contributed by atoms with Crippen LogP contribution in [0.25, 0.3) is 16.9 Å². The molecule has 30 heavy (non-hydrogen) atoms. The van der Waals surface area contributed by atoms with Crippen molar-refractivity contribution in [3.8, 4) is 28.4 Å². The van der Waals surface area contributed by atoms with Gasteiger partial charge in [-0.1, -0.05) is 42.0 Å². The van der Waals surface area contributed by atoms with Crippen LogP contribution in [0, 0.1) is 6.92 Å². The lowest BCUT2D eigenvalue weighted by molar-refractivity contribution is 0.103. The Bertz CT molecular complexity index is 1180. The largest absolute Gasteiger partial charge is 0.497 e. The number of methoxy groups -OCH3 is 2. The second-order valence-corrected chi connectivity index (χ2v) is 6.92. The molecule has 0 N–H and O–H groups in total. The van der Waals surface area contributed by atoms with Gasteiger partial charge < -0.3 is 9.47 Å². The van der Waals surface area contributed by atoms with Crippen LogP contribution in [0.1, 0.15) is 21.6 Å². The minimum atomic E-state index is -0.187. The van der Waals surface area contributed by atoms with Crippen molar-refractivity contribution in [3.63, 3.8) is 0 Å². The average Bonchev–Trinajstić information content (AvgIpc) is 3.24. The summed E-state index contributed by atoms with van der Waals surface area (Å²) in [5, 5.41) is 4.66. The number of aryl methyl sites for hydroxylation is 1. The van der Waals surface area contributed by atoms with Gasteiger partial charge in [0.15, 0.2) is 0 Å². The van der Waals surface area contributed by atoms with Crippen molar-refractivity contribution >= 4 is 5.78 Å². The molecule has 0 aliphatic heterocycles. The molecule has 0 unspecified atom stereocenters. The standard InChI is InChI=1S/C25H22N2O3/c1-17-8-10-18(11-9-17)23-16-22(25(28)21-6-4-5-7-24(21)30-3)26-27(23)19-12-14-20(29-2)15-13-19/h4-16H,1-3H3. The van der Waals surface area contributed by atoms with E-state index in [4.69, 9.17) is 9.47 Å². The monoisotopic (exact) mass is 398 g/mol. The van der Waals surface area contributed by atoms with Crippen molar-refractivity contribution in [1.82, 2.24) is 9.78 Å². The van der Waals surface area contributed by atoms with E-state index in [0.29, 0.717) is 17.0 Å². The van der Waals surface area contributed by atoms with Gasteiger partial charge in [0.1, 0.15) is 17.2 Å². The number of aromatic nitrogens is 2. The normalized spacial score (nSPS) is 10.6. The average molecular weight is 398 g/mol. The first-order valence-electron chi connectivity index (χ1n) is 9.60. The van der Waals surface area contributed by atoms with E-state index in [1.165, 1.54) is 5.56 Å². The molecule has 0 saturated carbocycles. The van der Waals surface area contributed by atoms with E-state index in [9.17, 15) is 4.79 Å². The first-order chi connectivity index (χ1) is 14.6. The Morgan fingerprint density at radius 2 is 1.57 bits per heavy atom. The number of ketones is 1. The van der Waals surface area contributed by atoms with Gasteiger partial charge >= 0.3 is 0 Å². The molecular formula is C25H22N2O3. The fraction of sp³-hybridized carbons (Fsp3) is 0.120. The number of carbonyl (C=O) groups excluding carboxylic acids is 1. The van der Waals surface area contributed by atoms with Crippen LogP contribution in [0.15, 0.2) is 78.9 Å². The van der Waals surface area contributed by atoms with Crippen molar-refractivity contribution < 1.29 is 14.3 Å². The molecule has 0 atom stereocenters. The predicted octanol–water partition coefficient (Wildman–Crippen LogP) is 5.10. The first kappa shape index (κ1) is 19.5. The van der Waals surface area contributed by atoms with Crippen molar-refractivity contribution in [2.75, 3.05) is 14.2 Å². The van der Waals surface area contributed by atoms with E-state index >= 15 is 0 Å². The second kappa shape index (κ2) is 8.25.